The Labute approximate surface area is 92.4 Å². The third kappa shape index (κ3) is 2.05. The molecule has 74 valence electrons. The quantitative estimate of drug-likeness (QED) is 0.737. The van der Waals surface area contributed by atoms with Crippen molar-refractivity contribution in [1.29, 1.82) is 0 Å². The van der Waals surface area contributed by atoms with Crippen molar-refractivity contribution in [2.75, 3.05) is 11.9 Å². The average Bonchev–Trinajstić information content (AvgIpc) is 2.68. The molecule has 0 saturated carbocycles. The molecule has 14 heavy (non-hydrogen) atoms. The smallest absolute Gasteiger partial charge is 0.148 e. The highest BCUT2D eigenvalue weighted by Crippen LogP contribution is 2.30. The Hall–Kier alpha value is -0.640. The van der Waals surface area contributed by atoms with Gasteiger partial charge in [0.15, 0.2) is 0 Å². The largest absolute Gasteiger partial charge is 0.257 e. The van der Waals surface area contributed by atoms with Gasteiger partial charge >= 0.3 is 0 Å². The predicted molar refractivity (Wildman–Crippen MR) is 60.5 cm³/mol. The molecule has 0 aliphatic carbocycles. The molecule has 1 aliphatic heterocycles. The number of alkyl halides is 1. The van der Waals surface area contributed by atoms with E-state index < -0.39 is 0 Å². The van der Waals surface area contributed by atoms with Gasteiger partial charge in [-0.1, -0.05) is 41.9 Å². The van der Waals surface area contributed by atoms with Gasteiger partial charge in [0.2, 0.25) is 0 Å². The standard InChI is InChI=1S/C10H10ClNOS/c11-7-13-12-8-14-6-10(12)9-4-2-1-3-5-9/h1-6H,7-8H2. The molecule has 0 fully saturated rings. The fourth-order valence-electron chi connectivity index (χ4n) is 1.30. The third-order valence-corrected chi connectivity index (χ3v) is 2.80. The van der Waals surface area contributed by atoms with E-state index in [0.29, 0.717) is 0 Å². The fraction of sp³-hybridized carbons (Fsp3) is 0.200. The van der Waals surface area contributed by atoms with Crippen LogP contribution in [-0.4, -0.2) is 17.0 Å². The van der Waals surface area contributed by atoms with Crippen LogP contribution in [0.25, 0.3) is 5.70 Å². The van der Waals surface area contributed by atoms with Gasteiger partial charge in [-0.15, -0.1) is 11.8 Å². The molecule has 0 saturated heterocycles. The van der Waals surface area contributed by atoms with Crippen molar-refractivity contribution >= 4 is 29.1 Å². The second kappa shape index (κ2) is 4.73. The SMILES string of the molecule is ClCON1CSC=C1c1ccccc1. The molecular weight excluding hydrogens is 218 g/mol. The molecule has 1 aromatic rings. The van der Waals surface area contributed by atoms with Crippen molar-refractivity contribution in [2.24, 2.45) is 0 Å². The van der Waals surface area contributed by atoms with E-state index in [0.717, 1.165) is 17.1 Å². The number of benzene rings is 1. The normalized spacial score (nSPS) is 15.8. The van der Waals surface area contributed by atoms with Crippen LogP contribution in [0.1, 0.15) is 5.56 Å². The maximum Gasteiger partial charge on any atom is 0.148 e. The van der Waals surface area contributed by atoms with Crippen molar-refractivity contribution in [3.05, 3.63) is 41.3 Å². The molecule has 1 aromatic carbocycles. The summed E-state index contributed by atoms with van der Waals surface area (Å²) in [6.45, 7) is 0. The van der Waals surface area contributed by atoms with Crippen LogP contribution in [0.4, 0.5) is 0 Å². The average molecular weight is 228 g/mol. The number of hydroxylamine groups is 2. The van der Waals surface area contributed by atoms with E-state index in [9.17, 15) is 0 Å². The van der Waals surface area contributed by atoms with Gasteiger partial charge in [-0.25, -0.2) is 5.06 Å². The van der Waals surface area contributed by atoms with Crippen LogP contribution < -0.4 is 0 Å². The third-order valence-electron chi connectivity index (χ3n) is 1.93. The van der Waals surface area contributed by atoms with E-state index in [1.165, 1.54) is 0 Å². The molecule has 0 spiro atoms. The van der Waals surface area contributed by atoms with E-state index in [-0.39, 0.29) is 6.07 Å². The lowest BCUT2D eigenvalue weighted by Gasteiger charge is -2.19. The van der Waals surface area contributed by atoms with E-state index >= 15 is 0 Å². The van der Waals surface area contributed by atoms with Gasteiger partial charge in [-0.3, -0.25) is 4.84 Å². The Morgan fingerprint density at radius 3 is 2.86 bits per heavy atom. The number of hydrogen-bond donors (Lipinski definition) is 0. The second-order valence-corrected chi connectivity index (χ2v) is 3.83. The fourth-order valence-corrected chi connectivity index (χ4v) is 2.25. The Kier molecular flexibility index (Phi) is 3.35. The van der Waals surface area contributed by atoms with Crippen LogP contribution in [0.5, 0.6) is 0 Å². The minimum absolute atomic E-state index is 0.185. The highest BCUT2D eigenvalue weighted by molar-refractivity contribution is 8.02. The summed E-state index contributed by atoms with van der Waals surface area (Å²) in [5.74, 6) is 0.803. The minimum Gasteiger partial charge on any atom is -0.257 e. The number of halogens is 1. The molecule has 0 radical (unpaired) electrons. The molecule has 0 unspecified atom stereocenters. The number of nitrogens with zero attached hydrogens (tertiary/aromatic N) is 1. The van der Waals surface area contributed by atoms with Crippen molar-refractivity contribution in [1.82, 2.24) is 5.06 Å². The molecular formula is C10H10ClNOS. The van der Waals surface area contributed by atoms with Crippen LogP contribution in [0.3, 0.4) is 0 Å². The van der Waals surface area contributed by atoms with Gasteiger partial charge in [0.25, 0.3) is 0 Å². The van der Waals surface area contributed by atoms with Crippen molar-refractivity contribution in [2.45, 2.75) is 0 Å². The highest BCUT2D eigenvalue weighted by atomic mass is 35.5. The van der Waals surface area contributed by atoms with Gasteiger partial charge < -0.3 is 0 Å². The predicted octanol–water partition coefficient (Wildman–Crippen LogP) is 3.12. The topological polar surface area (TPSA) is 12.5 Å². The van der Waals surface area contributed by atoms with Crippen molar-refractivity contribution < 1.29 is 4.84 Å². The maximum atomic E-state index is 5.53. The summed E-state index contributed by atoms with van der Waals surface area (Å²) in [4.78, 5) is 5.28. The summed E-state index contributed by atoms with van der Waals surface area (Å²) in [6.07, 6.45) is 0. The summed E-state index contributed by atoms with van der Waals surface area (Å²) >= 11 is 7.24. The first-order valence-corrected chi connectivity index (χ1v) is 5.84. The van der Waals surface area contributed by atoms with Crippen LogP contribution in [0.15, 0.2) is 35.7 Å². The Morgan fingerprint density at radius 1 is 1.36 bits per heavy atom. The summed E-state index contributed by atoms with van der Waals surface area (Å²) in [5, 5.41) is 3.90. The molecule has 4 heteroatoms. The Bertz CT molecular complexity index is 328. The van der Waals surface area contributed by atoms with E-state index in [4.69, 9.17) is 16.4 Å². The molecule has 0 atom stereocenters. The number of rotatable bonds is 3. The number of thioether (sulfide) groups is 1. The van der Waals surface area contributed by atoms with Crippen molar-refractivity contribution in [3.8, 4) is 0 Å². The first-order valence-electron chi connectivity index (χ1n) is 4.25. The van der Waals surface area contributed by atoms with Gasteiger partial charge in [0.05, 0.1) is 11.6 Å². The summed E-state index contributed by atoms with van der Waals surface area (Å²) < 4.78 is 0. The zero-order valence-corrected chi connectivity index (χ0v) is 9.09. The first-order chi connectivity index (χ1) is 6.92. The monoisotopic (exact) mass is 227 g/mol. The first kappa shape index (κ1) is 9.90. The highest BCUT2D eigenvalue weighted by Gasteiger charge is 2.17. The molecule has 0 N–H and O–H groups in total. The van der Waals surface area contributed by atoms with Gasteiger partial charge in [-0.05, 0) is 5.41 Å². The lowest BCUT2D eigenvalue weighted by molar-refractivity contribution is -0.0688. The summed E-state index contributed by atoms with van der Waals surface area (Å²) in [7, 11) is 0. The zero-order valence-electron chi connectivity index (χ0n) is 7.52. The second-order valence-electron chi connectivity index (χ2n) is 2.78. The van der Waals surface area contributed by atoms with Crippen LogP contribution in [0, 0.1) is 0 Å². The molecule has 1 aliphatic rings. The lowest BCUT2D eigenvalue weighted by Crippen LogP contribution is -2.17. The number of hydrogen-bond acceptors (Lipinski definition) is 3. The molecule has 0 bridgehead atoms. The van der Waals surface area contributed by atoms with Gasteiger partial charge in [-0.2, -0.15) is 0 Å². The molecule has 2 rings (SSSR count). The van der Waals surface area contributed by atoms with E-state index in [1.54, 1.807) is 11.8 Å². The molecule has 2 nitrogen and oxygen atoms in total. The Morgan fingerprint density at radius 2 is 2.14 bits per heavy atom. The minimum atomic E-state index is 0.185. The van der Waals surface area contributed by atoms with Gasteiger partial charge in [0.1, 0.15) is 6.07 Å². The van der Waals surface area contributed by atoms with Crippen LogP contribution in [0.2, 0.25) is 0 Å². The van der Waals surface area contributed by atoms with Crippen LogP contribution >= 0.6 is 23.4 Å². The lowest BCUT2D eigenvalue weighted by atomic mass is 10.2. The van der Waals surface area contributed by atoms with E-state index in [2.05, 4.69) is 17.5 Å². The van der Waals surface area contributed by atoms with Crippen LogP contribution in [-0.2, 0) is 4.84 Å². The molecule has 0 amide bonds. The van der Waals surface area contributed by atoms with Crippen molar-refractivity contribution in [3.63, 3.8) is 0 Å². The Balaban J connectivity index is 2.18. The van der Waals surface area contributed by atoms with Gasteiger partial charge in [0, 0.05) is 5.56 Å². The summed E-state index contributed by atoms with van der Waals surface area (Å²) in [6, 6.07) is 10.3. The maximum absolute atomic E-state index is 5.53. The molecule has 1 heterocycles. The van der Waals surface area contributed by atoms with E-state index in [1.807, 2.05) is 23.3 Å². The molecule has 0 aromatic heterocycles. The summed E-state index contributed by atoms with van der Waals surface area (Å²) in [5.41, 5.74) is 2.24. The zero-order chi connectivity index (χ0) is 9.80.